The van der Waals surface area contributed by atoms with Gasteiger partial charge in [0.15, 0.2) is 6.29 Å². The fourth-order valence-electron chi connectivity index (χ4n) is 1.51. The fraction of sp³-hybridized carbons (Fsp3) is 0.667. The highest BCUT2D eigenvalue weighted by atomic mass is 16.7. The molecule has 0 atom stereocenters. The topological polar surface area (TPSA) is 47.6 Å². The Morgan fingerprint density at radius 1 is 1.46 bits per heavy atom. The molecule has 13 heavy (non-hydrogen) atoms. The average Bonchev–Trinajstić information content (AvgIpc) is 2.71. The van der Waals surface area contributed by atoms with E-state index in [0.29, 0.717) is 19.6 Å². The molecule has 0 aromatic carbocycles. The lowest BCUT2D eigenvalue weighted by atomic mass is 10.2. The van der Waals surface area contributed by atoms with Crippen molar-refractivity contribution in [1.82, 2.24) is 5.32 Å². The molecule has 0 aromatic heterocycles. The number of ether oxygens (including phenoxy) is 2. The van der Waals surface area contributed by atoms with E-state index < -0.39 is 0 Å². The second-order valence-corrected chi connectivity index (χ2v) is 3.19. The molecule has 2 aliphatic rings. The molecule has 72 valence electrons. The molecule has 1 amide bonds. The first-order chi connectivity index (χ1) is 6.34. The van der Waals surface area contributed by atoms with Gasteiger partial charge in [-0.25, -0.2) is 0 Å². The zero-order chi connectivity index (χ0) is 9.10. The lowest BCUT2D eigenvalue weighted by molar-refractivity contribution is -0.118. The molecular weight excluding hydrogens is 170 g/mol. The Bertz CT molecular complexity index is 231. The van der Waals surface area contributed by atoms with Crippen molar-refractivity contribution in [3.63, 3.8) is 0 Å². The monoisotopic (exact) mass is 183 g/mol. The normalized spacial score (nSPS) is 23.4. The summed E-state index contributed by atoms with van der Waals surface area (Å²) in [4.78, 5) is 10.8. The number of allylic oxidation sites excluding steroid dienone is 1. The van der Waals surface area contributed by atoms with Gasteiger partial charge < -0.3 is 14.8 Å². The zero-order valence-electron chi connectivity index (χ0n) is 7.41. The molecule has 0 bridgehead atoms. The fourth-order valence-corrected chi connectivity index (χ4v) is 1.51. The van der Waals surface area contributed by atoms with E-state index in [1.165, 1.54) is 0 Å². The lowest BCUT2D eigenvalue weighted by Crippen LogP contribution is -2.16. The van der Waals surface area contributed by atoms with Crippen molar-refractivity contribution in [3.05, 3.63) is 11.8 Å². The van der Waals surface area contributed by atoms with Gasteiger partial charge in [-0.15, -0.1) is 0 Å². The van der Waals surface area contributed by atoms with Gasteiger partial charge >= 0.3 is 0 Å². The molecule has 0 radical (unpaired) electrons. The quantitative estimate of drug-likeness (QED) is 0.694. The molecule has 0 aliphatic carbocycles. The predicted octanol–water partition coefficient (Wildman–Crippen LogP) is 0.543. The smallest absolute Gasteiger partial charge is 0.227 e. The third-order valence-corrected chi connectivity index (χ3v) is 2.17. The van der Waals surface area contributed by atoms with Crippen LogP contribution in [0.15, 0.2) is 11.8 Å². The molecule has 0 spiro atoms. The van der Waals surface area contributed by atoms with Crippen molar-refractivity contribution in [2.45, 2.75) is 25.6 Å². The summed E-state index contributed by atoms with van der Waals surface area (Å²) in [5, 5.41) is 2.79. The van der Waals surface area contributed by atoms with Crippen LogP contribution < -0.4 is 5.32 Å². The van der Waals surface area contributed by atoms with E-state index in [9.17, 15) is 4.79 Å². The van der Waals surface area contributed by atoms with Gasteiger partial charge in [0.1, 0.15) is 0 Å². The van der Waals surface area contributed by atoms with Crippen LogP contribution in [0.25, 0.3) is 0 Å². The maximum Gasteiger partial charge on any atom is 0.227 e. The van der Waals surface area contributed by atoms with Gasteiger partial charge in [-0.2, -0.15) is 0 Å². The van der Waals surface area contributed by atoms with E-state index in [-0.39, 0.29) is 12.2 Å². The summed E-state index contributed by atoms with van der Waals surface area (Å²) in [6.07, 6.45) is 4.03. The summed E-state index contributed by atoms with van der Waals surface area (Å²) in [5.74, 6) is 0.0864. The van der Waals surface area contributed by atoms with Crippen LogP contribution in [0.5, 0.6) is 0 Å². The number of hydrogen-bond donors (Lipinski definition) is 1. The molecule has 4 heteroatoms. The summed E-state index contributed by atoms with van der Waals surface area (Å²) in [6.45, 7) is 1.38. The van der Waals surface area contributed by atoms with Crippen molar-refractivity contribution in [3.8, 4) is 0 Å². The van der Waals surface area contributed by atoms with Gasteiger partial charge in [0.05, 0.1) is 13.2 Å². The van der Waals surface area contributed by atoms with Gasteiger partial charge in [-0.1, -0.05) is 6.08 Å². The first kappa shape index (κ1) is 8.72. The highest BCUT2D eigenvalue weighted by molar-refractivity contribution is 5.82. The molecule has 0 saturated carbocycles. The third-order valence-electron chi connectivity index (χ3n) is 2.17. The van der Waals surface area contributed by atoms with E-state index in [2.05, 4.69) is 5.32 Å². The van der Waals surface area contributed by atoms with E-state index in [1.54, 1.807) is 0 Å². The Labute approximate surface area is 76.9 Å². The van der Waals surface area contributed by atoms with Crippen molar-refractivity contribution in [2.75, 3.05) is 13.2 Å². The largest absolute Gasteiger partial charge is 0.350 e. The van der Waals surface area contributed by atoms with Crippen LogP contribution in [0.2, 0.25) is 0 Å². The SMILES string of the molecule is O=C1CC=C(CCC2OCCO2)N1. The molecule has 0 unspecified atom stereocenters. The second-order valence-electron chi connectivity index (χ2n) is 3.19. The first-order valence-corrected chi connectivity index (χ1v) is 4.57. The van der Waals surface area contributed by atoms with Crippen molar-refractivity contribution < 1.29 is 14.3 Å². The molecule has 2 aliphatic heterocycles. The van der Waals surface area contributed by atoms with Crippen LogP contribution in [0.3, 0.4) is 0 Å². The summed E-state index contributed by atoms with van der Waals surface area (Å²) < 4.78 is 10.6. The average molecular weight is 183 g/mol. The van der Waals surface area contributed by atoms with Crippen LogP contribution in [-0.2, 0) is 14.3 Å². The minimum absolute atomic E-state index is 0.0709. The van der Waals surface area contributed by atoms with Crippen LogP contribution in [-0.4, -0.2) is 25.4 Å². The van der Waals surface area contributed by atoms with E-state index >= 15 is 0 Å². The number of rotatable bonds is 3. The Morgan fingerprint density at radius 3 is 2.85 bits per heavy atom. The number of amides is 1. The molecule has 2 rings (SSSR count). The summed E-state index contributed by atoms with van der Waals surface area (Å²) in [7, 11) is 0. The Balaban J connectivity index is 1.70. The number of carbonyl (C=O) groups excluding carboxylic acids is 1. The first-order valence-electron chi connectivity index (χ1n) is 4.57. The van der Waals surface area contributed by atoms with Crippen LogP contribution in [0, 0.1) is 0 Å². The summed E-state index contributed by atoms with van der Waals surface area (Å²) >= 11 is 0. The number of nitrogens with one attached hydrogen (secondary N) is 1. The Morgan fingerprint density at radius 2 is 2.23 bits per heavy atom. The van der Waals surface area contributed by atoms with Crippen LogP contribution in [0.1, 0.15) is 19.3 Å². The molecule has 4 nitrogen and oxygen atoms in total. The predicted molar refractivity (Wildman–Crippen MR) is 45.8 cm³/mol. The summed E-state index contributed by atoms with van der Waals surface area (Å²) in [6, 6.07) is 0. The maximum atomic E-state index is 10.8. The van der Waals surface area contributed by atoms with E-state index in [1.807, 2.05) is 6.08 Å². The molecule has 1 saturated heterocycles. The lowest BCUT2D eigenvalue weighted by Gasteiger charge is -2.08. The number of carbonyl (C=O) groups is 1. The molecular formula is C9H13NO3. The van der Waals surface area contributed by atoms with Crippen LogP contribution >= 0.6 is 0 Å². The Kier molecular flexibility index (Phi) is 2.61. The molecule has 1 fully saturated rings. The van der Waals surface area contributed by atoms with E-state index in [0.717, 1.165) is 18.5 Å². The highest BCUT2D eigenvalue weighted by Crippen LogP contribution is 2.15. The van der Waals surface area contributed by atoms with Gasteiger partial charge in [0.2, 0.25) is 5.91 Å². The third kappa shape index (κ3) is 2.29. The van der Waals surface area contributed by atoms with Crippen molar-refractivity contribution in [2.24, 2.45) is 0 Å². The summed E-state index contributed by atoms with van der Waals surface area (Å²) in [5.41, 5.74) is 1.00. The number of hydrogen-bond acceptors (Lipinski definition) is 3. The van der Waals surface area contributed by atoms with Gasteiger partial charge in [0, 0.05) is 18.5 Å². The van der Waals surface area contributed by atoms with Gasteiger partial charge in [-0.3, -0.25) is 4.79 Å². The molecule has 1 N–H and O–H groups in total. The standard InChI is InChI=1S/C9H13NO3/c11-8-3-1-7(10-8)2-4-9-12-5-6-13-9/h1,9H,2-6H2,(H,10,11). The zero-order valence-corrected chi connectivity index (χ0v) is 7.41. The van der Waals surface area contributed by atoms with Gasteiger partial charge in [0.25, 0.3) is 0 Å². The second kappa shape index (κ2) is 3.89. The minimum atomic E-state index is -0.0709. The van der Waals surface area contributed by atoms with E-state index in [4.69, 9.17) is 9.47 Å². The highest BCUT2D eigenvalue weighted by Gasteiger charge is 2.18. The molecule has 2 heterocycles. The Hall–Kier alpha value is -0.870. The van der Waals surface area contributed by atoms with Gasteiger partial charge in [-0.05, 0) is 6.42 Å². The maximum absolute atomic E-state index is 10.8. The van der Waals surface area contributed by atoms with Crippen molar-refractivity contribution in [1.29, 1.82) is 0 Å². The molecule has 0 aromatic rings. The van der Waals surface area contributed by atoms with Crippen LogP contribution in [0.4, 0.5) is 0 Å². The minimum Gasteiger partial charge on any atom is -0.350 e. The van der Waals surface area contributed by atoms with Crippen molar-refractivity contribution >= 4 is 5.91 Å².